The minimum Gasteiger partial charge on any atom is -0.404 e. The number of anilines is 1. The molecule has 0 radical (unpaired) electrons. The zero-order chi connectivity index (χ0) is 14.0. The first-order valence-electron chi connectivity index (χ1n) is 5.84. The van der Waals surface area contributed by atoms with Crippen molar-refractivity contribution in [1.82, 2.24) is 4.90 Å². The maximum absolute atomic E-state index is 12.4. The molecule has 7 heteroatoms. The molecule has 19 heavy (non-hydrogen) atoms. The van der Waals surface area contributed by atoms with E-state index >= 15 is 0 Å². The zero-order valence-electron chi connectivity index (χ0n) is 10.3. The van der Waals surface area contributed by atoms with Crippen LogP contribution in [0.3, 0.4) is 0 Å². The van der Waals surface area contributed by atoms with Crippen LogP contribution in [-0.4, -0.2) is 37.4 Å². The minimum atomic E-state index is -4.69. The summed E-state index contributed by atoms with van der Waals surface area (Å²) in [5, 5.41) is 3.10. The van der Waals surface area contributed by atoms with Crippen molar-refractivity contribution in [2.24, 2.45) is 0 Å². The van der Waals surface area contributed by atoms with Crippen molar-refractivity contribution < 1.29 is 17.9 Å². The Morgan fingerprint density at radius 2 is 2.16 bits per heavy atom. The molecule has 1 unspecified atom stereocenters. The first-order valence-corrected chi connectivity index (χ1v) is 6.63. The third-order valence-corrected chi connectivity index (χ3v) is 3.41. The molecule has 1 N–H and O–H groups in total. The number of hydrogen-bond donors (Lipinski definition) is 1. The predicted octanol–water partition coefficient (Wildman–Crippen LogP) is 3.46. The topological polar surface area (TPSA) is 24.5 Å². The van der Waals surface area contributed by atoms with Gasteiger partial charge in [-0.2, -0.15) is 0 Å². The van der Waals surface area contributed by atoms with E-state index in [-0.39, 0.29) is 11.8 Å². The van der Waals surface area contributed by atoms with Gasteiger partial charge in [-0.15, -0.1) is 13.2 Å². The Morgan fingerprint density at radius 1 is 1.42 bits per heavy atom. The molecule has 0 saturated carbocycles. The fourth-order valence-electron chi connectivity index (χ4n) is 2.10. The van der Waals surface area contributed by atoms with Crippen molar-refractivity contribution in [1.29, 1.82) is 0 Å². The number of ether oxygens (including phenoxy) is 1. The van der Waals surface area contributed by atoms with Gasteiger partial charge in [0.2, 0.25) is 0 Å². The summed E-state index contributed by atoms with van der Waals surface area (Å²) in [6.07, 6.45) is -3.79. The van der Waals surface area contributed by atoms with Gasteiger partial charge in [0.1, 0.15) is 0 Å². The molecule has 0 bridgehead atoms. The summed E-state index contributed by atoms with van der Waals surface area (Å²) in [6.45, 7) is 1.74. The minimum absolute atomic E-state index is 0.141. The highest BCUT2D eigenvalue weighted by Crippen LogP contribution is 2.33. The van der Waals surface area contributed by atoms with E-state index in [9.17, 15) is 13.2 Å². The molecule has 1 saturated heterocycles. The van der Waals surface area contributed by atoms with Gasteiger partial charge >= 0.3 is 6.36 Å². The molecular formula is C12H14BrF3N2O. The summed E-state index contributed by atoms with van der Waals surface area (Å²) in [6, 6.07) is 4.73. The van der Waals surface area contributed by atoms with Gasteiger partial charge in [-0.3, -0.25) is 0 Å². The summed E-state index contributed by atoms with van der Waals surface area (Å²) in [7, 11) is 1.98. The van der Waals surface area contributed by atoms with Gasteiger partial charge < -0.3 is 15.0 Å². The molecule has 1 heterocycles. The third-order valence-electron chi connectivity index (χ3n) is 2.92. The average molecular weight is 339 g/mol. The highest BCUT2D eigenvalue weighted by molar-refractivity contribution is 9.10. The molecule has 1 atom stereocenters. The van der Waals surface area contributed by atoms with Crippen LogP contribution in [0.25, 0.3) is 0 Å². The van der Waals surface area contributed by atoms with Gasteiger partial charge in [-0.1, -0.05) is 15.9 Å². The summed E-state index contributed by atoms with van der Waals surface area (Å²) >= 11 is 3.14. The SMILES string of the molecule is CN1CCC(Nc2ccc(Br)cc2OC(F)(F)F)C1. The van der Waals surface area contributed by atoms with E-state index in [2.05, 4.69) is 30.9 Å². The summed E-state index contributed by atoms with van der Waals surface area (Å²) < 4.78 is 41.7. The average Bonchev–Trinajstić information content (AvgIpc) is 2.66. The lowest BCUT2D eigenvalue weighted by Gasteiger charge is -2.18. The summed E-state index contributed by atoms with van der Waals surface area (Å²) in [5.41, 5.74) is 0.362. The predicted molar refractivity (Wildman–Crippen MR) is 70.3 cm³/mol. The lowest BCUT2D eigenvalue weighted by Crippen LogP contribution is -2.25. The third kappa shape index (κ3) is 4.28. The Balaban J connectivity index is 2.14. The van der Waals surface area contributed by atoms with Crippen molar-refractivity contribution in [3.05, 3.63) is 22.7 Å². The number of likely N-dealkylation sites (tertiary alicyclic amines) is 1. The fraction of sp³-hybridized carbons (Fsp3) is 0.500. The highest BCUT2D eigenvalue weighted by Gasteiger charge is 2.32. The van der Waals surface area contributed by atoms with Crippen LogP contribution in [-0.2, 0) is 0 Å². The largest absolute Gasteiger partial charge is 0.573 e. The van der Waals surface area contributed by atoms with E-state index in [1.54, 1.807) is 12.1 Å². The molecule has 0 amide bonds. The first kappa shape index (κ1) is 14.5. The lowest BCUT2D eigenvalue weighted by atomic mass is 10.2. The molecule has 1 aromatic carbocycles. The van der Waals surface area contributed by atoms with E-state index in [1.807, 2.05) is 7.05 Å². The standard InChI is InChI=1S/C12H14BrF3N2O/c1-18-5-4-9(7-18)17-10-3-2-8(13)6-11(10)19-12(14,15)16/h2-3,6,9,17H,4-5,7H2,1H3. The normalized spacial score (nSPS) is 20.6. The van der Waals surface area contributed by atoms with Crippen molar-refractivity contribution >= 4 is 21.6 Å². The molecule has 0 aliphatic carbocycles. The molecule has 1 aromatic rings. The monoisotopic (exact) mass is 338 g/mol. The number of alkyl halides is 3. The molecule has 1 fully saturated rings. The number of nitrogens with zero attached hydrogens (tertiary/aromatic N) is 1. The van der Waals surface area contributed by atoms with Gasteiger partial charge in [0.25, 0.3) is 0 Å². The fourth-order valence-corrected chi connectivity index (χ4v) is 2.44. The van der Waals surface area contributed by atoms with Crippen molar-refractivity contribution in [2.45, 2.75) is 18.8 Å². The number of benzene rings is 1. The smallest absolute Gasteiger partial charge is 0.404 e. The van der Waals surface area contributed by atoms with E-state index in [0.717, 1.165) is 19.5 Å². The van der Waals surface area contributed by atoms with Crippen LogP contribution in [0.15, 0.2) is 22.7 Å². The van der Waals surface area contributed by atoms with Crippen LogP contribution in [0.4, 0.5) is 18.9 Å². The number of likely N-dealkylation sites (N-methyl/N-ethyl adjacent to an activating group) is 1. The number of rotatable bonds is 3. The number of halogens is 4. The second-order valence-electron chi connectivity index (χ2n) is 4.58. The Morgan fingerprint density at radius 3 is 2.74 bits per heavy atom. The Labute approximate surface area is 117 Å². The molecule has 106 valence electrons. The van der Waals surface area contributed by atoms with Crippen LogP contribution < -0.4 is 10.1 Å². The molecular weight excluding hydrogens is 325 g/mol. The van der Waals surface area contributed by atoms with E-state index in [0.29, 0.717) is 10.2 Å². The highest BCUT2D eigenvalue weighted by atomic mass is 79.9. The summed E-state index contributed by atoms with van der Waals surface area (Å²) in [5.74, 6) is -0.212. The van der Waals surface area contributed by atoms with Crippen LogP contribution in [0.1, 0.15) is 6.42 Å². The Bertz CT molecular complexity index is 453. The molecule has 1 aliphatic rings. The zero-order valence-corrected chi connectivity index (χ0v) is 11.9. The van der Waals surface area contributed by atoms with Crippen LogP contribution in [0.5, 0.6) is 5.75 Å². The summed E-state index contributed by atoms with van der Waals surface area (Å²) in [4.78, 5) is 2.13. The number of hydrogen-bond acceptors (Lipinski definition) is 3. The van der Waals surface area contributed by atoms with E-state index in [4.69, 9.17) is 0 Å². The van der Waals surface area contributed by atoms with Gasteiger partial charge in [0.15, 0.2) is 5.75 Å². The second-order valence-corrected chi connectivity index (χ2v) is 5.50. The molecule has 0 aromatic heterocycles. The van der Waals surface area contributed by atoms with Crippen LogP contribution in [0, 0.1) is 0 Å². The molecule has 2 rings (SSSR count). The number of nitrogens with one attached hydrogen (secondary N) is 1. The van der Waals surface area contributed by atoms with Crippen LogP contribution >= 0.6 is 15.9 Å². The Hall–Kier alpha value is -0.950. The molecule has 3 nitrogen and oxygen atoms in total. The quantitative estimate of drug-likeness (QED) is 0.913. The first-order chi connectivity index (χ1) is 8.83. The lowest BCUT2D eigenvalue weighted by molar-refractivity contribution is -0.274. The molecule has 1 aliphatic heterocycles. The van der Waals surface area contributed by atoms with E-state index < -0.39 is 6.36 Å². The second kappa shape index (κ2) is 5.58. The maximum Gasteiger partial charge on any atom is 0.573 e. The Kier molecular flexibility index (Phi) is 4.25. The maximum atomic E-state index is 12.4. The van der Waals surface area contributed by atoms with Gasteiger partial charge in [-0.25, -0.2) is 0 Å². The van der Waals surface area contributed by atoms with Gasteiger partial charge in [0.05, 0.1) is 5.69 Å². The van der Waals surface area contributed by atoms with Crippen molar-refractivity contribution in [3.8, 4) is 5.75 Å². The van der Waals surface area contributed by atoms with Crippen LogP contribution in [0.2, 0.25) is 0 Å². The van der Waals surface area contributed by atoms with E-state index in [1.165, 1.54) is 6.07 Å². The van der Waals surface area contributed by atoms with Crippen molar-refractivity contribution in [3.63, 3.8) is 0 Å². The van der Waals surface area contributed by atoms with Gasteiger partial charge in [-0.05, 0) is 38.2 Å². The molecule has 0 spiro atoms. The van der Waals surface area contributed by atoms with Crippen molar-refractivity contribution in [2.75, 3.05) is 25.5 Å². The van der Waals surface area contributed by atoms with Gasteiger partial charge in [0, 0.05) is 17.1 Å².